The smallest absolute Gasteiger partial charge is 0.259 e. The highest BCUT2D eigenvalue weighted by atomic mass is 32.1. The summed E-state index contributed by atoms with van der Waals surface area (Å²) in [6.45, 7) is 5.55. The number of carbonyl (C=O) groups is 1. The van der Waals surface area contributed by atoms with Crippen LogP contribution in [0.25, 0.3) is 21.3 Å². The monoisotopic (exact) mass is 416 g/mol. The Morgan fingerprint density at radius 1 is 1.17 bits per heavy atom. The third kappa shape index (κ3) is 3.43. The molecule has 0 N–H and O–H groups in total. The summed E-state index contributed by atoms with van der Waals surface area (Å²) in [5.41, 5.74) is 3.48. The Hall–Kier alpha value is -2.92. The number of thiophene rings is 1. The molecule has 0 saturated carbocycles. The van der Waals surface area contributed by atoms with E-state index in [0.717, 1.165) is 31.5 Å². The van der Waals surface area contributed by atoms with Crippen molar-refractivity contribution in [1.82, 2.24) is 10.1 Å². The van der Waals surface area contributed by atoms with Gasteiger partial charge in [0.2, 0.25) is 0 Å². The summed E-state index contributed by atoms with van der Waals surface area (Å²) in [7, 11) is 0. The minimum absolute atomic E-state index is 0.0299. The van der Waals surface area contributed by atoms with Crippen LogP contribution in [0, 0.1) is 19.8 Å². The molecule has 5 heteroatoms. The van der Waals surface area contributed by atoms with Crippen molar-refractivity contribution in [1.29, 1.82) is 0 Å². The van der Waals surface area contributed by atoms with Gasteiger partial charge in [0.1, 0.15) is 17.0 Å². The number of benzene rings is 2. The van der Waals surface area contributed by atoms with E-state index < -0.39 is 0 Å². The second-order valence-corrected chi connectivity index (χ2v) is 9.31. The minimum Gasteiger partial charge on any atom is -0.360 e. The molecule has 2 aromatic carbocycles. The van der Waals surface area contributed by atoms with E-state index in [2.05, 4.69) is 36.3 Å². The standard InChI is InChI=1S/C25H24N2O2S/c1-16-7-6-10-22-21(16)14-20(30-22)13-18-11-12-27(15-18)25(28)23-17(2)29-26-24(23)19-8-4-3-5-9-19/h3-10,14,18H,11-13,15H2,1-2H3/t18-/m0/s1. The molecule has 0 bridgehead atoms. The Morgan fingerprint density at radius 2 is 2.00 bits per heavy atom. The number of aromatic nitrogens is 1. The average molecular weight is 417 g/mol. The molecule has 1 aliphatic rings. The van der Waals surface area contributed by atoms with Crippen molar-refractivity contribution in [2.24, 2.45) is 5.92 Å². The highest BCUT2D eigenvalue weighted by Crippen LogP contribution is 2.33. The molecule has 4 nitrogen and oxygen atoms in total. The maximum absolute atomic E-state index is 13.3. The number of rotatable bonds is 4. The van der Waals surface area contributed by atoms with Gasteiger partial charge in [-0.3, -0.25) is 4.79 Å². The van der Waals surface area contributed by atoms with Crippen molar-refractivity contribution in [3.8, 4) is 11.3 Å². The Morgan fingerprint density at radius 3 is 2.80 bits per heavy atom. The topological polar surface area (TPSA) is 46.3 Å². The van der Waals surface area contributed by atoms with E-state index in [1.165, 1.54) is 20.5 Å². The molecule has 30 heavy (non-hydrogen) atoms. The van der Waals surface area contributed by atoms with Gasteiger partial charge in [-0.25, -0.2) is 0 Å². The normalized spacial score (nSPS) is 16.5. The lowest BCUT2D eigenvalue weighted by molar-refractivity contribution is 0.0786. The molecule has 1 aliphatic heterocycles. The van der Waals surface area contributed by atoms with Crippen LogP contribution in [0.5, 0.6) is 0 Å². The van der Waals surface area contributed by atoms with Crippen LogP contribution in [0.15, 0.2) is 59.1 Å². The molecule has 1 saturated heterocycles. The first kappa shape index (κ1) is 19.1. The number of likely N-dealkylation sites (tertiary alicyclic amines) is 1. The van der Waals surface area contributed by atoms with Crippen molar-refractivity contribution >= 4 is 27.3 Å². The van der Waals surface area contributed by atoms with E-state index in [1.807, 2.05) is 53.5 Å². The number of hydrogen-bond donors (Lipinski definition) is 0. The third-order valence-electron chi connectivity index (χ3n) is 6.02. The molecule has 0 aliphatic carbocycles. The summed E-state index contributed by atoms with van der Waals surface area (Å²) in [5.74, 6) is 1.10. The van der Waals surface area contributed by atoms with Crippen molar-refractivity contribution < 1.29 is 9.32 Å². The second kappa shape index (κ2) is 7.73. The van der Waals surface area contributed by atoms with Crippen molar-refractivity contribution in [3.05, 3.63) is 76.4 Å². The minimum atomic E-state index is 0.0299. The van der Waals surface area contributed by atoms with Gasteiger partial charge >= 0.3 is 0 Å². The van der Waals surface area contributed by atoms with Crippen molar-refractivity contribution in [2.75, 3.05) is 13.1 Å². The van der Waals surface area contributed by atoms with Crippen molar-refractivity contribution in [3.63, 3.8) is 0 Å². The molecule has 4 aromatic rings. The predicted octanol–water partition coefficient (Wildman–Crippen LogP) is 5.88. The molecular formula is C25H24N2O2S. The summed E-state index contributed by atoms with van der Waals surface area (Å²) in [5, 5.41) is 5.53. The summed E-state index contributed by atoms with van der Waals surface area (Å²) in [4.78, 5) is 16.7. The third-order valence-corrected chi connectivity index (χ3v) is 7.14. The number of hydrogen-bond acceptors (Lipinski definition) is 4. The van der Waals surface area contributed by atoms with Gasteiger partial charge in [-0.2, -0.15) is 0 Å². The van der Waals surface area contributed by atoms with Crippen LogP contribution in [0.1, 0.15) is 33.0 Å². The lowest BCUT2D eigenvalue weighted by atomic mass is 10.0. The van der Waals surface area contributed by atoms with E-state index in [0.29, 0.717) is 22.9 Å². The number of aryl methyl sites for hydroxylation is 2. The Balaban J connectivity index is 1.33. The molecule has 1 fully saturated rings. The second-order valence-electron chi connectivity index (χ2n) is 8.14. The summed E-state index contributed by atoms with van der Waals surface area (Å²) in [6, 6.07) is 18.6. The largest absolute Gasteiger partial charge is 0.360 e. The van der Waals surface area contributed by atoms with Gasteiger partial charge < -0.3 is 9.42 Å². The van der Waals surface area contributed by atoms with Gasteiger partial charge in [-0.1, -0.05) is 47.6 Å². The number of nitrogens with zero attached hydrogens (tertiary/aromatic N) is 2. The van der Waals surface area contributed by atoms with Crippen LogP contribution in [0.3, 0.4) is 0 Å². The van der Waals surface area contributed by atoms with E-state index >= 15 is 0 Å². The zero-order valence-electron chi connectivity index (χ0n) is 17.2. The summed E-state index contributed by atoms with van der Waals surface area (Å²) >= 11 is 1.88. The van der Waals surface area contributed by atoms with Crippen LogP contribution in [-0.2, 0) is 6.42 Å². The molecule has 2 aromatic heterocycles. The fraction of sp³-hybridized carbons (Fsp3) is 0.280. The van der Waals surface area contributed by atoms with Crippen LogP contribution < -0.4 is 0 Å². The van der Waals surface area contributed by atoms with Crippen molar-refractivity contribution in [2.45, 2.75) is 26.7 Å². The summed E-state index contributed by atoms with van der Waals surface area (Å²) in [6.07, 6.45) is 2.06. The van der Waals surface area contributed by atoms with Gasteiger partial charge in [-0.15, -0.1) is 11.3 Å². The highest BCUT2D eigenvalue weighted by molar-refractivity contribution is 7.19. The average Bonchev–Trinajstić information content (AvgIpc) is 3.47. The van der Waals surface area contributed by atoms with E-state index in [9.17, 15) is 4.79 Å². The van der Waals surface area contributed by atoms with Gasteiger partial charge in [0.05, 0.1) is 0 Å². The Bertz CT molecular complexity index is 1210. The fourth-order valence-electron chi connectivity index (χ4n) is 4.40. The highest BCUT2D eigenvalue weighted by Gasteiger charge is 2.31. The predicted molar refractivity (Wildman–Crippen MR) is 121 cm³/mol. The first-order valence-corrected chi connectivity index (χ1v) is 11.2. The number of fused-ring (bicyclic) bond motifs is 1. The van der Waals surface area contributed by atoms with Crippen LogP contribution in [0.2, 0.25) is 0 Å². The molecule has 152 valence electrons. The van der Waals surface area contributed by atoms with Crippen LogP contribution in [-0.4, -0.2) is 29.1 Å². The van der Waals surface area contributed by atoms with Gasteiger partial charge in [0, 0.05) is 28.2 Å². The maximum atomic E-state index is 13.3. The zero-order valence-corrected chi connectivity index (χ0v) is 18.0. The number of amides is 1. The Kier molecular flexibility index (Phi) is 4.91. The first-order chi connectivity index (χ1) is 14.6. The van der Waals surface area contributed by atoms with E-state index in [1.54, 1.807) is 0 Å². The number of carbonyl (C=O) groups excluding carboxylic acids is 1. The van der Waals surface area contributed by atoms with E-state index in [-0.39, 0.29) is 5.91 Å². The van der Waals surface area contributed by atoms with Gasteiger partial charge in [0.25, 0.3) is 5.91 Å². The Labute approximate surface area is 180 Å². The molecule has 3 heterocycles. The lowest BCUT2D eigenvalue weighted by Gasteiger charge is -2.16. The zero-order chi connectivity index (χ0) is 20.7. The molecule has 1 atom stereocenters. The maximum Gasteiger partial charge on any atom is 0.259 e. The van der Waals surface area contributed by atoms with Gasteiger partial charge in [0.15, 0.2) is 0 Å². The van der Waals surface area contributed by atoms with E-state index in [4.69, 9.17) is 4.52 Å². The SMILES string of the molecule is Cc1onc(-c2ccccc2)c1C(=O)N1CC[C@@H](Cc2cc3c(C)cccc3s2)C1. The lowest BCUT2D eigenvalue weighted by Crippen LogP contribution is -2.29. The fourth-order valence-corrected chi connectivity index (χ4v) is 5.66. The molecule has 5 rings (SSSR count). The summed E-state index contributed by atoms with van der Waals surface area (Å²) < 4.78 is 6.75. The molecular weight excluding hydrogens is 392 g/mol. The first-order valence-electron chi connectivity index (χ1n) is 10.4. The molecule has 1 amide bonds. The molecule has 0 radical (unpaired) electrons. The van der Waals surface area contributed by atoms with Gasteiger partial charge in [-0.05, 0) is 55.7 Å². The van der Waals surface area contributed by atoms with Crippen LogP contribution >= 0.6 is 11.3 Å². The molecule has 0 spiro atoms. The molecule has 0 unspecified atom stereocenters. The quantitative estimate of drug-likeness (QED) is 0.417. The van der Waals surface area contributed by atoms with Crippen LogP contribution in [0.4, 0.5) is 0 Å².